The highest BCUT2D eigenvalue weighted by molar-refractivity contribution is 5.87. The quantitative estimate of drug-likeness (QED) is 0.111. The first-order valence-corrected chi connectivity index (χ1v) is 14.4. The van der Waals surface area contributed by atoms with Gasteiger partial charge in [0.1, 0.15) is 23.9 Å². The van der Waals surface area contributed by atoms with E-state index in [4.69, 9.17) is 18.9 Å². The Morgan fingerprint density at radius 3 is 2.51 bits per heavy atom. The Kier molecular flexibility index (Phi) is 11.7. The second-order valence-electron chi connectivity index (χ2n) is 11.8. The molecule has 230 valence electrons. The Labute approximate surface area is 243 Å². The number of allylic oxidation sites excluding steroid dienone is 2. The molecule has 3 aliphatic heterocycles. The second kappa shape index (κ2) is 14.6. The number of amides is 2. The summed E-state index contributed by atoms with van der Waals surface area (Å²) < 4.78 is 23.0. The lowest BCUT2D eigenvalue weighted by molar-refractivity contribution is -0.147. The molecule has 3 N–H and O–H groups in total. The molecule has 1 spiro atoms. The second-order valence-corrected chi connectivity index (χ2v) is 11.8. The molecule has 0 aliphatic carbocycles. The number of ether oxygens (including phenoxy) is 4. The van der Waals surface area contributed by atoms with Crippen LogP contribution < -0.4 is 10.7 Å². The van der Waals surface area contributed by atoms with Gasteiger partial charge in [0.25, 0.3) is 0 Å². The summed E-state index contributed by atoms with van der Waals surface area (Å²) in [5, 5.41) is 15.4. The molecule has 0 bridgehead atoms. The zero-order valence-corrected chi connectivity index (χ0v) is 25.3. The van der Waals surface area contributed by atoms with Crippen molar-refractivity contribution in [2.45, 2.75) is 109 Å². The van der Waals surface area contributed by atoms with Crippen molar-refractivity contribution in [2.24, 2.45) is 5.92 Å². The van der Waals surface area contributed by atoms with Crippen molar-refractivity contribution in [3.63, 3.8) is 0 Å². The molecular weight excluding hydrogens is 530 g/mol. The predicted octanol–water partition coefficient (Wildman–Crippen LogP) is 1.96. The lowest BCUT2D eigenvalue weighted by Gasteiger charge is -2.39. The van der Waals surface area contributed by atoms with Crippen molar-refractivity contribution in [3.05, 3.63) is 36.0 Å². The van der Waals surface area contributed by atoms with Gasteiger partial charge in [-0.15, -0.1) is 0 Å². The molecule has 3 rings (SSSR count). The Hall–Kier alpha value is -2.57. The van der Waals surface area contributed by atoms with E-state index >= 15 is 0 Å². The molecule has 41 heavy (non-hydrogen) atoms. The summed E-state index contributed by atoms with van der Waals surface area (Å²) >= 11 is 0. The summed E-state index contributed by atoms with van der Waals surface area (Å²) in [6, 6.07) is -0.123. The number of epoxide rings is 1. The van der Waals surface area contributed by atoms with Crippen LogP contribution in [0.4, 0.5) is 0 Å². The largest absolute Gasteiger partial charge is 0.459 e. The first kappa shape index (κ1) is 32.9. The van der Waals surface area contributed by atoms with Gasteiger partial charge in [-0.1, -0.05) is 30.7 Å². The van der Waals surface area contributed by atoms with Crippen LogP contribution in [0.2, 0.25) is 0 Å². The number of nitrogens with one attached hydrogen (secondary N) is 2. The van der Waals surface area contributed by atoms with Crippen LogP contribution >= 0.6 is 0 Å². The maximum absolute atomic E-state index is 12.4. The molecule has 9 atom stereocenters. The molecule has 0 aromatic rings. The normalized spacial score (nSPS) is 34.7. The average Bonchev–Trinajstić information content (AvgIpc) is 3.64. The zero-order chi connectivity index (χ0) is 30.3. The van der Waals surface area contributed by atoms with Crippen LogP contribution in [0.25, 0.3) is 0 Å². The number of nitrogens with zero attached hydrogens (tertiary/aromatic N) is 1. The minimum absolute atomic E-state index is 0.000256. The van der Waals surface area contributed by atoms with Crippen LogP contribution in [-0.2, 0) is 33.3 Å². The van der Waals surface area contributed by atoms with Gasteiger partial charge in [-0.2, -0.15) is 0 Å². The fourth-order valence-electron chi connectivity index (χ4n) is 5.39. The SMILES string of the molecule is CC(=O)O[C@@H](C)/C=C\C(=O)N[C@@H]1C[C@H](C)[C@H](C/C=C(C)/C=C/[C@H]2O[C@H](CC(=O)NN(C)C)CC3(CO3)[C@@H]2O)O[C@@H]1C. The highest BCUT2D eigenvalue weighted by atomic mass is 16.6. The number of aliphatic hydroxyl groups excluding tert-OH is 1. The number of hydrogen-bond donors (Lipinski definition) is 3. The number of esters is 1. The first-order valence-electron chi connectivity index (χ1n) is 14.4. The zero-order valence-electron chi connectivity index (χ0n) is 25.3. The van der Waals surface area contributed by atoms with E-state index in [1.807, 2.05) is 26.0 Å². The molecule has 3 aliphatic rings. The van der Waals surface area contributed by atoms with Crippen molar-refractivity contribution in [1.29, 1.82) is 0 Å². The molecule has 3 fully saturated rings. The van der Waals surface area contributed by atoms with E-state index in [0.29, 0.717) is 19.4 Å². The number of rotatable bonds is 11. The molecule has 11 heteroatoms. The van der Waals surface area contributed by atoms with Gasteiger partial charge in [0.15, 0.2) is 0 Å². The van der Waals surface area contributed by atoms with Crippen molar-refractivity contribution < 1.29 is 38.4 Å². The van der Waals surface area contributed by atoms with E-state index in [2.05, 4.69) is 23.7 Å². The minimum atomic E-state index is -0.797. The van der Waals surface area contributed by atoms with E-state index in [1.165, 1.54) is 13.0 Å². The van der Waals surface area contributed by atoms with Crippen molar-refractivity contribution in [2.75, 3.05) is 20.7 Å². The predicted molar refractivity (Wildman–Crippen MR) is 152 cm³/mol. The molecule has 3 saturated heterocycles. The lowest BCUT2D eigenvalue weighted by Crippen LogP contribution is -2.51. The van der Waals surface area contributed by atoms with Gasteiger partial charge < -0.3 is 29.4 Å². The van der Waals surface area contributed by atoms with Gasteiger partial charge in [0.05, 0.1) is 37.4 Å². The topological polar surface area (TPSA) is 139 Å². The van der Waals surface area contributed by atoms with Gasteiger partial charge in [0.2, 0.25) is 11.8 Å². The fraction of sp³-hybridized carbons (Fsp3) is 0.700. The van der Waals surface area contributed by atoms with E-state index in [0.717, 1.165) is 12.0 Å². The van der Waals surface area contributed by atoms with Gasteiger partial charge >= 0.3 is 5.97 Å². The molecule has 1 unspecified atom stereocenters. The highest BCUT2D eigenvalue weighted by Gasteiger charge is 2.58. The van der Waals surface area contributed by atoms with Crippen LogP contribution in [0.15, 0.2) is 36.0 Å². The summed E-state index contributed by atoms with van der Waals surface area (Å²) in [6.07, 6.45) is 8.60. The van der Waals surface area contributed by atoms with E-state index < -0.39 is 29.9 Å². The number of aliphatic hydroxyl groups is 1. The summed E-state index contributed by atoms with van der Waals surface area (Å²) in [6.45, 7) is 9.54. The number of hydrogen-bond acceptors (Lipinski definition) is 9. The third-order valence-corrected chi connectivity index (χ3v) is 7.69. The maximum Gasteiger partial charge on any atom is 0.303 e. The van der Waals surface area contributed by atoms with E-state index in [-0.39, 0.29) is 48.5 Å². The van der Waals surface area contributed by atoms with Gasteiger partial charge in [-0.05, 0) is 45.6 Å². The molecule has 2 amide bonds. The molecule has 0 radical (unpaired) electrons. The fourth-order valence-corrected chi connectivity index (χ4v) is 5.39. The first-order chi connectivity index (χ1) is 19.3. The Morgan fingerprint density at radius 1 is 1.17 bits per heavy atom. The molecular formula is C30H47N3O8. The average molecular weight is 578 g/mol. The molecule has 3 heterocycles. The van der Waals surface area contributed by atoms with Crippen LogP contribution in [0.1, 0.15) is 60.3 Å². The monoisotopic (exact) mass is 577 g/mol. The van der Waals surface area contributed by atoms with E-state index in [1.54, 1.807) is 32.1 Å². The summed E-state index contributed by atoms with van der Waals surface area (Å²) in [5.74, 6) is -0.568. The standard InChI is InChI=1S/C30H47N3O8/c1-18(9-12-26-29(37)30(17-38-30)16-23(41-26)15-28(36)32-33(6)7)8-11-25-19(2)14-24(21(4)40-25)31-27(35)13-10-20(3)39-22(5)34/h8-10,12-13,19-21,23-26,29,37H,11,14-17H2,1-7H3,(H,31,35)(H,32,36)/b12-9+,13-10-,18-8+/t19-,20-,21+,23+,24+,25-,26+,29+,30?/m0/s1. The molecule has 0 aromatic carbocycles. The summed E-state index contributed by atoms with van der Waals surface area (Å²) in [4.78, 5) is 35.6. The van der Waals surface area contributed by atoms with Crippen LogP contribution in [0, 0.1) is 5.92 Å². The summed E-state index contributed by atoms with van der Waals surface area (Å²) in [5.41, 5.74) is 3.09. The lowest BCUT2D eigenvalue weighted by atomic mass is 9.87. The van der Waals surface area contributed by atoms with Crippen LogP contribution in [0.3, 0.4) is 0 Å². The Morgan fingerprint density at radius 2 is 1.88 bits per heavy atom. The highest BCUT2D eigenvalue weighted by Crippen LogP contribution is 2.43. The third kappa shape index (κ3) is 10.0. The number of carbonyl (C=O) groups is 3. The van der Waals surface area contributed by atoms with E-state index in [9.17, 15) is 19.5 Å². The van der Waals surface area contributed by atoms with Crippen LogP contribution in [0.5, 0.6) is 0 Å². The Balaban J connectivity index is 1.50. The molecule has 11 nitrogen and oxygen atoms in total. The van der Waals surface area contributed by atoms with Crippen LogP contribution in [-0.4, -0.2) is 96.9 Å². The van der Waals surface area contributed by atoms with Crippen molar-refractivity contribution in [1.82, 2.24) is 15.8 Å². The van der Waals surface area contributed by atoms with Gasteiger partial charge in [0, 0.05) is 33.5 Å². The maximum atomic E-state index is 12.4. The molecule has 0 saturated carbocycles. The van der Waals surface area contributed by atoms with Crippen molar-refractivity contribution >= 4 is 17.8 Å². The summed E-state index contributed by atoms with van der Waals surface area (Å²) in [7, 11) is 3.50. The van der Waals surface area contributed by atoms with Gasteiger partial charge in [-0.25, -0.2) is 5.01 Å². The van der Waals surface area contributed by atoms with Gasteiger partial charge in [-0.3, -0.25) is 19.8 Å². The number of carbonyl (C=O) groups excluding carboxylic acids is 3. The minimum Gasteiger partial charge on any atom is -0.459 e. The molecule has 0 aromatic heterocycles. The third-order valence-electron chi connectivity index (χ3n) is 7.69. The smallest absolute Gasteiger partial charge is 0.303 e. The number of hydrazine groups is 1. The Bertz CT molecular complexity index is 1020. The van der Waals surface area contributed by atoms with Crippen molar-refractivity contribution in [3.8, 4) is 0 Å².